The van der Waals surface area contributed by atoms with Crippen molar-refractivity contribution in [1.82, 2.24) is 9.78 Å². The Morgan fingerprint density at radius 1 is 1.56 bits per heavy atom. The van der Waals surface area contributed by atoms with Gasteiger partial charge < -0.3 is 5.73 Å². The van der Waals surface area contributed by atoms with Crippen molar-refractivity contribution in [3.63, 3.8) is 0 Å². The van der Waals surface area contributed by atoms with Gasteiger partial charge in [-0.1, -0.05) is 0 Å². The summed E-state index contributed by atoms with van der Waals surface area (Å²) in [5.41, 5.74) is 5.59. The largest absolute Gasteiger partial charge is 0.408 e. The summed E-state index contributed by atoms with van der Waals surface area (Å²) in [5.74, 6) is -0.632. The average molecular weight is 233 g/mol. The van der Waals surface area contributed by atoms with Crippen molar-refractivity contribution in [3.8, 4) is 0 Å². The normalized spacial score (nSPS) is 16.4. The van der Waals surface area contributed by atoms with E-state index < -0.39 is 18.6 Å². The summed E-state index contributed by atoms with van der Waals surface area (Å²) in [6.45, 7) is -1.19. The Bertz CT molecular complexity index is 420. The molecule has 0 aromatic carbocycles. The molecule has 1 saturated carbocycles. The van der Waals surface area contributed by atoms with Crippen LogP contribution in [0, 0.1) is 0 Å². The van der Waals surface area contributed by atoms with Gasteiger partial charge in [0.15, 0.2) is 0 Å². The van der Waals surface area contributed by atoms with Gasteiger partial charge in [-0.15, -0.1) is 0 Å². The zero-order chi connectivity index (χ0) is 11.9. The number of nitrogens with two attached hydrogens (primary N) is 1. The zero-order valence-electron chi connectivity index (χ0n) is 8.29. The molecule has 88 valence electrons. The fourth-order valence-electron chi connectivity index (χ4n) is 1.55. The standard InChI is InChI=1S/C9H10F3N3O/c10-9(11,12)4-15-3-6(8(13)16)7(14-15)5-1-2-5/h3,5H,1-2,4H2,(H2,13,16). The van der Waals surface area contributed by atoms with Gasteiger partial charge in [0.05, 0.1) is 11.3 Å². The number of primary amides is 1. The Morgan fingerprint density at radius 3 is 2.62 bits per heavy atom. The van der Waals surface area contributed by atoms with E-state index in [-0.39, 0.29) is 11.5 Å². The number of hydrogen-bond acceptors (Lipinski definition) is 2. The Morgan fingerprint density at radius 2 is 2.19 bits per heavy atom. The molecule has 7 heteroatoms. The molecule has 0 saturated heterocycles. The number of carbonyl (C=O) groups is 1. The molecule has 16 heavy (non-hydrogen) atoms. The van der Waals surface area contributed by atoms with E-state index in [1.807, 2.05) is 0 Å². The molecule has 2 rings (SSSR count). The Labute approximate surface area is 89.2 Å². The lowest BCUT2D eigenvalue weighted by Gasteiger charge is -2.05. The SMILES string of the molecule is NC(=O)c1cn(CC(F)(F)F)nc1C1CC1. The van der Waals surface area contributed by atoms with Crippen LogP contribution in [0.1, 0.15) is 34.8 Å². The van der Waals surface area contributed by atoms with Crippen LogP contribution in [-0.2, 0) is 6.54 Å². The predicted octanol–water partition coefficient (Wildman–Crippen LogP) is 1.42. The zero-order valence-corrected chi connectivity index (χ0v) is 8.29. The summed E-state index contributed by atoms with van der Waals surface area (Å²) in [7, 11) is 0. The number of rotatable bonds is 3. The lowest BCUT2D eigenvalue weighted by molar-refractivity contribution is -0.142. The highest BCUT2D eigenvalue weighted by molar-refractivity contribution is 5.94. The van der Waals surface area contributed by atoms with Gasteiger partial charge in [-0.2, -0.15) is 18.3 Å². The quantitative estimate of drug-likeness (QED) is 0.858. The second-order valence-corrected chi connectivity index (χ2v) is 3.88. The summed E-state index contributed by atoms with van der Waals surface area (Å²) < 4.78 is 37.1. The number of aromatic nitrogens is 2. The number of nitrogens with zero attached hydrogens (tertiary/aromatic N) is 2. The van der Waals surface area contributed by atoms with Crippen molar-refractivity contribution < 1.29 is 18.0 Å². The summed E-state index contributed by atoms with van der Waals surface area (Å²) >= 11 is 0. The van der Waals surface area contributed by atoms with E-state index >= 15 is 0 Å². The first kappa shape index (κ1) is 11.0. The molecular formula is C9H10F3N3O. The number of halogens is 3. The van der Waals surface area contributed by atoms with Crippen LogP contribution in [-0.4, -0.2) is 21.9 Å². The van der Waals surface area contributed by atoms with Crippen molar-refractivity contribution in [1.29, 1.82) is 0 Å². The molecule has 0 atom stereocenters. The van der Waals surface area contributed by atoms with Gasteiger partial charge in [-0.05, 0) is 12.8 Å². The van der Waals surface area contributed by atoms with Gasteiger partial charge in [0.2, 0.25) is 0 Å². The molecule has 2 N–H and O–H groups in total. The molecule has 0 radical (unpaired) electrons. The highest BCUT2D eigenvalue weighted by Gasteiger charge is 2.33. The van der Waals surface area contributed by atoms with E-state index in [4.69, 9.17) is 5.73 Å². The lowest BCUT2D eigenvalue weighted by Crippen LogP contribution is -2.18. The lowest BCUT2D eigenvalue weighted by atomic mass is 10.2. The molecule has 1 aliphatic rings. The minimum Gasteiger partial charge on any atom is -0.365 e. The third-order valence-corrected chi connectivity index (χ3v) is 2.36. The monoisotopic (exact) mass is 233 g/mol. The molecule has 0 unspecified atom stereocenters. The van der Waals surface area contributed by atoms with Crippen LogP contribution in [0.5, 0.6) is 0 Å². The van der Waals surface area contributed by atoms with Crippen LogP contribution in [0.25, 0.3) is 0 Å². The maximum absolute atomic E-state index is 12.1. The van der Waals surface area contributed by atoms with Crippen molar-refractivity contribution in [3.05, 3.63) is 17.5 Å². The topological polar surface area (TPSA) is 60.9 Å². The predicted molar refractivity (Wildman–Crippen MR) is 48.8 cm³/mol. The molecule has 1 fully saturated rings. The van der Waals surface area contributed by atoms with Gasteiger partial charge in [0.1, 0.15) is 6.54 Å². The Hall–Kier alpha value is -1.53. The van der Waals surface area contributed by atoms with E-state index in [9.17, 15) is 18.0 Å². The Kier molecular flexibility index (Phi) is 2.40. The van der Waals surface area contributed by atoms with Gasteiger partial charge in [0.25, 0.3) is 5.91 Å². The molecule has 1 aliphatic carbocycles. The highest BCUT2D eigenvalue weighted by Crippen LogP contribution is 2.40. The first-order valence-electron chi connectivity index (χ1n) is 4.81. The maximum atomic E-state index is 12.1. The van der Waals surface area contributed by atoms with Crippen LogP contribution >= 0.6 is 0 Å². The molecule has 1 heterocycles. The van der Waals surface area contributed by atoms with E-state index in [1.54, 1.807) is 0 Å². The van der Waals surface area contributed by atoms with E-state index in [0.717, 1.165) is 23.7 Å². The third kappa shape index (κ3) is 2.34. The molecule has 1 aromatic rings. The van der Waals surface area contributed by atoms with Crippen molar-refractivity contribution >= 4 is 5.91 Å². The fourth-order valence-corrected chi connectivity index (χ4v) is 1.55. The summed E-state index contributed by atoms with van der Waals surface area (Å²) in [6.07, 6.45) is -1.57. The number of carbonyl (C=O) groups excluding carboxylic acids is 1. The van der Waals surface area contributed by atoms with E-state index in [0.29, 0.717) is 5.69 Å². The highest BCUT2D eigenvalue weighted by atomic mass is 19.4. The number of amides is 1. The summed E-state index contributed by atoms with van der Waals surface area (Å²) in [6, 6.07) is 0. The first-order valence-corrected chi connectivity index (χ1v) is 4.81. The number of alkyl halides is 3. The summed E-state index contributed by atoms with van der Waals surface area (Å²) in [5, 5.41) is 3.77. The maximum Gasteiger partial charge on any atom is 0.408 e. The smallest absolute Gasteiger partial charge is 0.365 e. The molecule has 1 amide bonds. The first-order chi connectivity index (χ1) is 7.37. The fraction of sp³-hybridized carbons (Fsp3) is 0.556. The van der Waals surface area contributed by atoms with Crippen LogP contribution in [0.2, 0.25) is 0 Å². The molecule has 1 aromatic heterocycles. The van der Waals surface area contributed by atoms with Crippen LogP contribution in [0.15, 0.2) is 6.20 Å². The van der Waals surface area contributed by atoms with Crippen molar-refractivity contribution in [2.75, 3.05) is 0 Å². The second kappa shape index (κ2) is 3.50. The van der Waals surface area contributed by atoms with Gasteiger partial charge >= 0.3 is 6.18 Å². The minimum atomic E-state index is -4.35. The second-order valence-electron chi connectivity index (χ2n) is 3.88. The van der Waals surface area contributed by atoms with E-state index in [1.165, 1.54) is 0 Å². The van der Waals surface area contributed by atoms with Gasteiger partial charge in [-0.25, -0.2) is 0 Å². The Balaban J connectivity index is 2.27. The van der Waals surface area contributed by atoms with Crippen molar-refractivity contribution in [2.45, 2.75) is 31.5 Å². The van der Waals surface area contributed by atoms with Crippen LogP contribution in [0.3, 0.4) is 0 Å². The van der Waals surface area contributed by atoms with Crippen LogP contribution in [0.4, 0.5) is 13.2 Å². The third-order valence-electron chi connectivity index (χ3n) is 2.36. The van der Waals surface area contributed by atoms with Gasteiger partial charge in [0, 0.05) is 12.1 Å². The molecular weight excluding hydrogens is 223 g/mol. The molecule has 0 spiro atoms. The average Bonchev–Trinajstić information content (AvgIpc) is 2.86. The van der Waals surface area contributed by atoms with Crippen LogP contribution < -0.4 is 5.73 Å². The minimum absolute atomic E-state index is 0.0944. The van der Waals surface area contributed by atoms with E-state index in [2.05, 4.69) is 5.10 Å². The van der Waals surface area contributed by atoms with Crippen molar-refractivity contribution in [2.24, 2.45) is 5.73 Å². The summed E-state index contributed by atoms with van der Waals surface area (Å²) in [4.78, 5) is 11.0. The molecule has 0 aliphatic heterocycles. The molecule has 4 nitrogen and oxygen atoms in total. The van der Waals surface area contributed by atoms with Gasteiger partial charge in [-0.3, -0.25) is 9.48 Å². The number of hydrogen-bond donors (Lipinski definition) is 1. The molecule has 0 bridgehead atoms.